The number of hydrogen-bond donors (Lipinski definition) is 2. The fourth-order valence-electron chi connectivity index (χ4n) is 1.77. The third-order valence-electron chi connectivity index (χ3n) is 2.72. The van der Waals surface area contributed by atoms with Crippen molar-refractivity contribution in [1.82, 2.24) is 0 Å². The van der Waals surface area contributed by atoms with Crippen LogP contribution >= 0.6 is 11.6 Å². The Kier molecular flexibility index (Phi) is 4.35. The zero-order valence-corrected chi connectivity index (χ0v) is 10.7. The molecule has 0 bridgehead atoms. The highest BCUT2D eigenvalue weighted by Crippen LogP contribution is 2.27. The van der Waals surface area contributed by atoms with E-state index < -0.39 is 17.7 Å². The lowest BCUT2D eigenvalue weighted by molar-refractivity contribution is 0.276. The van der Waals surface area contributed by atoms with E-state index in [1.807, 2.05) is 0 Å². The molecule has 0 aromatic heterocycles. The highest BCUT2D eigenvalue weighted by Gasteiger charge is 2.15. The van der Waals surface area contributed by atoms with Crippen LogP contribution in [0.3, 0.4) is 0 Å². The zero-order chi connectivity index (χ0) is 13.8. The smallest absolute Gasteiger partial charge is 0.146 e. The van der Waals surface area contributed by atoms with Gasteiger partial charge in [-0.3, -0.25) is 0 Å². The van der Waals surface area contributed by atoms with Crippen molar-refractivity contribution in [2.75, 3.05) is 11.9 Å². The number of nitrogens with one attached hydrogen (secondary N) is 1. The Balaban J connectivity index is 2.28. The van der Waals surface area contributed by atoms with Gasteiger partial charge in [-0.1, -0.05) is 29.8 Å². The molecule has 2 rings (SSSR count). The van der Waals surface area contributed by atoms with Crippen molar-refractivity contribution in [3.8, 4) is 0 Å². The summed E-state index contributed by atoms with van der Waals surface area (Å²) in [4.78, 5) is 0. The summed E-state index contributed by atoms with van der Waals surface area (Å²) in [5, 5.41) is 12.4. The summed E-state index contributed by atoms with van der Waals surface area (Å²) in [6, 6.07) is 9.36. The molecule has 2 aromatic rings. The molecule has 100 valence electrons. The summed E-state index contributed by atoms with van der Waals surface area (Å²) >= 11 is 5.92. The van der Waals surface area contributed by atoms with Crippen molar-refractivity contribution in [2.24, 2.45) is 0 Å². The van der Waals surface area contributed by atoms with Crippen molar-refractivity contribution in [3.05, 3.63) is 64.7 Å². The van der Waals surface area contributed by atoms with Crippen molar-refractivity contribution >= 4 is 17.3 Å². The fraction of sp³-hybridized carbons (Fsp3) is 0.143. The average Bonchev–Trinajstić information content (AvgIpc) is 2.39. The third-order valence-corrected chi connectivity index (χ3v) is 3.05. The molecule has 0 aliphatic carbocycles. The van der Waals surface area contributed by atoms with E-state index >= 15 is 0 Å². The minimum atomic E-state index is -0.606. The summed E-state index contributed by atoms with van der Waals surface area (Å²) < 4.78 is 26.5. The van der Waals surface area contributed by atoms with E-state index in [0.29, 0.717) is 5.56 Å². The van der Waals surface area contributed by atoms with Gasteiger partial charge in [0.2, 0.25) is 0 Å². The molecule has 0 saturated heterocycles. The van der Waals surface area contributed by atoms with Gasteiger partial charge in [0.25, 0.3) is 0 Å². The molecule has 2 aromatic carbocycles. The molecule has 2 N–H and O–H groups in total. The lowest BCUT2D eigenvalue weighted by atomic mass is 10.1. The van der Waals surface area contributed by atoms with E-state index in [-0.39, 0.29) is 17.3 Å². The molecule has 2 nitrogen and oxygen atoms in total. The van der Waals surface area contributed by atoms with Gasteiger partial charge >= 0.3 is 0 Å². The molecule has 19 heavy (non-hydrogen) atoms. The van der Waals surface area contributed by atoms with Gasteiger partial charge in [-0.15, -0.1) is 0 Å². The van der Waals surface area contributed by atoms with Gasteiger partial charge in [0, 0.05) is 5.02 Å². The van der Waals surface area contributed by atoms with Gasteiger partial charge in [0.15, 0.2) is 0 Å². The molecule has 0 aliphatic rings. The summed E-state index contributed by atoms with van der Waals surface area (Å²) in [7, 11) is 0. The van der Waals surface area contributed by atoms with Crippen LogP contribution < -0.4 is 5.32 Å². The number of anilines is 1. The molecule has 0 fully saturated rings. The standard InChI is InChI=1S/C14H12ClF2NO/c15-11-7-9(16)5-6-10(11)14(8-19)18-13-4-2-1-3-12(13)17/h1-7,14,18-19H,8H2. The van der Waals surface area contributed by atoms with E-state index in [1.54, 1.807) is 18.2 Å². The molecule has 1 atom stereocenters. The van der Waals surface area contributed by atoms with Gasteiger partial charge in [-0.2, -0.15) is 0 Å². The highest BCUT2D eigenvalue weighted by atomic mass is 35.5. The highest BCUT2D eigenvalue weighted by molar-refractivity contribution is 6.31. The molecule has 0 aliphatic heterocycles. The van der Waals surface area contributed by atoms with E-state index in [4.69, 9.17) is 11.6 Å². The molecule has 5 heteroatoms. The summed E-state index contributed by atoms with van der Waals surface area (Å²) in [6.07, 6.45) is 0. The van der Waals surface area contributed by atoms with Crippen LogP contribution in [-0.4, -0.2) is 11.7 Å². The number of aliphatic hydroxyl groups excluding tert-OH is 1. The molecular formula is C14H12ClF2NO. The van der Waals surface area contributed by atoms with E-state index in [9.17, 15) is 13.9 Å². The molecule has 0 heterocycles. The summed E-state index contributed by atoms with van der Waals surface area (Å²) in [5.41, 5.74) is 0.760. The minimum absolute atomic E-state index is 0.183. The number of benzene rings is 2. The zero-order valence-electron chi connectivity index (χ0n) is 9.91. The molecule has 1 unspecified atom stereocenters. The maximum absolute atomic E-state index is 13.5. The van der Waals surface area contributed by atoms with Gasteiger partial charge < -0.3 is 10.4 Å². The predicted octanol–water partition coefficient (Wildman–Crippen LogP) is 3.76. The first-order valence-corrected chi connectivity index (χ1v) is 6.06. The summed E-state index contributed by atoms with van der Waals surface area (Å²) in [5.74, 6) is -0.893. The van der Waals surface area contributed by atoms with Crippen LogP contribution in [0.4, 0.5) is 14.5 Å². The lowest BCUT2D eigenvalue weighted by Gasteiger charge is -2.19. The molecule has 0 radical (unpaired) electrons. The van der Waals surface area contributed by atoms with Crippen LogP contribution in [0.5, 0.6) is 0 Å². The Morgan fingerprint density at radius 3 is 2.53 bits per heavy atom. The van der Waals surface area contributed by atoms with Crippen molar-refractivity contribution in [2.45, 2.75) is 6.04 Å². The minimum Gasteiger partial charge on any atom is -0.394 e. The first-order valence-electron chi connectivity index (χ1n) is 5.68. The van der Waals surface area contributed by atoms with Gasteiger partial charge in [-0.05, 0) is 29.8 Å². The first kappa shape index (κ1) is 13.8. The van der Waals surface area contributed by atoms with Gasteiger partial charge in [0.1, 0.15) is 11.6 Å². The Morgan fingerprint density at radius 1 is 1.16 bits per heavy atom. The largest absolute Gasteiger partial charge is 0.394 e. The monoisotopic (exact) mass is 283 g/mol. The van der Waals surface area contributed by atoms with Crippen LogP contribution in [0.25, 0.3) is 0 Å². The van der Waals surface area contributed by atoms with E-state index in [0.717, 1.165) is 6.07 Å². The number of rotatable bonds is 4. The molecule has 0 saturated carbocycles. The van der Waals surface area contributed by atoms with Gasteiger partial charge in [0.05, 0.1) is 18.3 Å². The first-order chi connectivity index (χ1) is 9.11. The van der Waals surface area contributed by atoms with E-state index in [1.165, 1.54) is 18.2 Å². The van der Waals surface area contributed by atoms with Crippen molar-refractivity contribution in [3.63, 3.8) is 0 Å². The van der Waals surface area contributed by atoms with Crippen molar-refractivity contribution in [1.29, 1.82) is 0 Å². The Hall–Kier alpha value is -1.65. The maximum Gasteiger partial charge on any atom is 0.146 e. The molecule has 0 amide bonds. The van der Waals surface area contributed by atoms with Crippen LogP contribution in [0.2, 0.25) is 5.02 Å². The Morgan fingerprint density at radius 2 is 1.89 bits per heavy atom. The van der Waals surface area contributed by atoms with Gasteiger partial charge in [-0.25, -0.2) is 8.78 Å². The molecule has 0 spiro atoms. The fourth-order valence-corrected chi connectivity index (χ4v) is 2.07. The number of hydrogen-bond acceptors (Lipinski definition) is 2. The Bertz CT molecular complexity index is 577. The second-order valence-corrected chi connectivity index (χ2v) is 4.43. The maximum atomic E-state index is 13.5. The quantitative estimate of drug-likeness (QED) is 0.895. The molecular weight excluding hydrogens is 272 g/mol. The number of halogens is 3. The van der Waals surface area contributed by atoms with Crippen LogP contribution in [0.15, 0.2) is 42.5 Å². The SMILES string of the molecule is OCC(Nc1ccccc1F)c1ccc(F)cc1Cl. The van der Waals surface area contributed by atoms with Crippen LogP contribution in [-0.2, 0) is 0 Å². The second-order valence-electron chi connectivity index (χ2n) is 4.03. The average molecular weight is 284 g/mol. The van der Waals surface area contributed by atoms with Crippen molar-refractivity contribution < 1.29 is 13.9 Å². The third kappa shape index (κ3) is 3.22. The topological polar surface area (TPSA) is 32.3 Å². The summed E-state index contributed by atoms with van der Waals surface area (Å²) in [6.45, 7) is -0.292. The lowest BCUT2D eigenvalue weighted by Crippen LogP contribution is -2.16. The van der Waals surface area contributed by atoms with Crippen LogP contribution in [0.1, 0.15) is 11.6 Å². The number of aliphatic hydroxyl groups is 1. The van der Waals surface area contributed by atoms with E-state index in [2.05, 4.69) is 5.32 Å². The normalized spacial score (nSPS) is 12.2. The second kappa shape index (κ2) is 5.99. The van der Waals surface area contributed by atoms with Crippen LogP contribution in [0, 0.1) is 11.6 Å². The number of para-hydroxylation sites is 1. The predicted molar refractivity (Wildman–Crippen MR) is 71.3 cm³/mol. The Labute approximate surface area is 114 Å².